The van der Waals surface area contributed by atoms with E-state index >= 15 is 0 Å². The number of allylic oxidation sites excluding steroid dienone is 1. The van der Waals surface area contributed by atoms with E-state index in [4.69, 9.17) is 0 Å². The molecule has 0 N–H and O–H groups in total. The van der Waals surface area contributed by atoms with Crippen molar-refractivity contribution in [3.8, 4) is 0 Å². The van der Waals surface area contributed by atoms with Crippen molar-refractivity contribution in [2.75, 3.05) is 13.1 Å². The molecule has 70 valence electrons. The van der Waals surface area contributed by atoms with Gasteiger partial charge >= 0.3 is 0 Å². The zero-order valence-corrected chi connectivity index (χ0v) is 8.42. The maximum absolute atomic E-state index is 2.45. The van der Waals surface area contributed by atoms with Crippen LogP contribution in [0, 0.1) is 5.92 Å². The van der Waals surface area contributed by atoms with E-state index in [1.165, 1.54) is 38.8 Å². The minimum Gasteiger partial charge on any atom is -0.378 e. The summed E-state index contributed by atoms with van der Waals surface area (Å²) in [6, 6.07) is 0. The first-order chi connectivity index (χ1) is 5.79. The van der Waals surface area contributed by atoms with E-state index in [0.29, 0.717) is 0 Å². The highest BCUT2D eigenvalue weighted by Crippen LogP contribution is 2.09. The van der Waals surface area contributed by atoms with Crippen molar-refractivity contribution in [3.63, 3.8) is 0 Å². The molecule has 1 nitrogen and oxygen atoms in total. The molecule has 0 spiro atoms. The average molecular weight is 167 g/mol. The maximum Gasteiger partial charge on any atom is 0.0172 e. The van der Waals surface area contributed by atoms with E-state index in [-0.39, 0.29) is 0 Å². The summed E-state index contributed by atoms with van der Waals surface area (Å²) in [7, 11) is 0. The van der Waals surface area contributed by atoms with E-state index in [9.17, 15) is 0 Å². The second-order valence-electron chi connectivity index (χ2n) is 4.11. The van der Waals surface area contributed by atoms with Crippen molar-refractivity contribution in [1.29, 1.82) is 0 Å². The van der Waals surface area contributed by atoms with Crippen LogP contribution in [0.15, 0.2) is 12.3 Å². The van der Waals surface area contributed by atoms with Crippen LogP contribution < -0.4 is 0 Å². The molecule has 0 aromatic heterocycles. The second kappa shape index (κ2) is 5.23. The highest BCUT2D eigenvalue weighted by Gasteiger charge is 2.04. The fourth-order valence-corrected chi connectivity index (χ4v) is 1.55. The standard InChI is InChI=1S/C11H21N/c1-11(2)7-6-10-12-8-4-3-5-9-12/h6,10-11H,3-5,7-9H2,1-2H3/b10-6+. The Morgan fingerprint density at radius 1 is 1.17 bits per heavy atom. The largest absolute Gasteiger partial charge is 0.378 e. The number of rotatable bonds is 3. The topological polar surface area (TPSA) is 3.24 Å². The lowest BCUT2D eigenvalue weighted by Crippen LogP contribution is -2.24. The summed E-state index contributed by atoms with van der Waals surface area (Å²) in [6.45, 7) is 7.07. The van der Waals surface area contributed by atoms with Gasteiger partial charge in [-0.3, -0.25) is 0 Å². The molecule has 1 aliphatic heterocycles. The predicted molar refractivity (Wildman–Crippen MR) is 54.0 cm³/mol. The smallest absolute Gasteiger partial charge is 0.0172 e. The molecule has 1 heteroatoms. The molecule has 0 amide bonds. The van der Waals surface area contributed by atoms with E-state index in [2.05, 4.69) is 31.0 Å². The Kier molecular flexibility index (Phi) is 4.20. The first-order valence-corrected chi connectivity index (χ1v) is 5.20. The average Bonchev–Trinajstić information content (AvgIpc) is 2.05. The molecule has 12 heavy (non-hydrogen) atoms. The van der Waals surface area contributed by atoms with Crippen LogP contribution in [0.3, 0.4) is 0 Å². The third-order valence-electron chi connectivity index (χ3n) is 2.31. The molecule has 0 aromatic carbocycles. The quantitative estimate of drug-likeness (QED) is 0.624. The lowest BCUT2D eigenvalue weighted by atomic mass is 10.1. The van der Waals surface area contributed by atoms with Crippen LogP contribution in [-0.4, -0.2) is 18.0 Å². The van der Waals surface area contributed by atoms with Gasteiger partial charge in [0.25, 0.3) is 0 Å². The molecule has 0 aromatic rings. The lowest BCUT2D eigenvalue weighted by Gasteiger charge is -2.24. The Labute approximate surface area is 76.5 Å². The van der Waals surface area contributed by atoms with E-state index < -0.39 is 0 Å². The highest BCUT2D eigenvalue weighted by molar-refractivity contribution is 4.84. The monoisotopic (exact) mass is 167 g/mol. The molecule has 1 aliphatic rings. The zero-order chi connectivity index (χ0) is 8.81. The second-order valence-corrected chi connectivity index (χ2v) is 4.11. The van der Waals surface area contributed by atoms with Crippen molar-refractivity contribution in [1.82, 2.24) is 4.90 Å². The Hall–Kier alpha value is -0.460. The van der Waals surface area contributed by atoms with Crippen LogP contribution in [0.25, 0.3) is 0 Å². The van der Waals surface area contributed by atoms with Crippen molar-refractivity contribution in [2.24, 2.45) is 5.92 Å². The molecular weight excluding hydrogens is 146 g/mol. The zero-order valence-electron chi connectivity index (χ0n) is 8.42. The van der Waals surface area contributed by atoms with E-state index in [1.54, 1.807) is 0 Å². The number of nitrogens with zero attached hydrogens (tertiary/aromatic N) is 1. The minimum absolute atomic E-state index is 0.797. The number of hydrogen-bond donors (Lipinski definition) is 0. The van der Waals surface area contributed by atoms with Gasteiger partial charge < -0.3 is 4.90 Å². The summed E-state index contributed by atoms with van der Waals surface area (Å²) in [5.74, 6) is 0.797. The molecule has 1 saturated heterocycles. The van der Waals surface area contributed by atoms with Gasteiger partial charge in [0.1, 0.15) is 0 Å². The Morgan fingerprint density at radius 2 is 1.83 bits per heavy atom. The van der Waals surface area contributed by atoms with Gasteiger partial charge in [-0.25, -0.2) is 0 Å². The molecule has 0 aliphatic carbocycles. The van der Waals surface area contributed by atoms with Crippen molar-refractivity contribution in [3.05, 3.63) is 12.3 Å². The lowest BCUT2D eigenvalue weighted by molar-refractivity contribution is 0.308. The summed E-state index contributed by atoms with van der Waals surface area (Å²) >= 11 is 0. The summed E-state index contributed by atoms with van der Waals surface area (Å²) in [6.07, 6.45) is 10.0. The molecule has 1 heterocycles. The summed E-state index contributed by atoms with van der Waals surface area (Å²) < 4.78 is 0. The van der Waals surface area contributed by atoms with Gasteiger partial charge in [0, 0.05) is 13.1 Å². The fraction of sp³-hybridized carbons (Fsp3) is 0.818. The SMILES string of the molecule is CC(C)C/C=C/N1CCCCC1. The Balaban J connectivity index is 2.15. The van der Waals surface area contributed by atoms with Crippen LogP contribution >= 0.6 is 0 Å². The van der Waals surface area contributed by atoms with Crippen molar-refractivity contribution in [2.45, 2.75) is 39.5 Å². The Bertz CT molecular complexity index is 132. The molecule has 1 fully saturated rings. The first kappa shape index (κ1) is 9.63. The minimum atomic E-state index is 0.797. The van der Waals surface area contributed by atoms with Gasteiger partial charge in [-0.1, -0.05) is 19.9 Å². The van der Waals surface area contributed by atoms with Crippen LogP contribution in [0.5, 0.6) is 0 Å². The molecule has 0 radical (unpaired) electrons. The van der Waals surface area contributed by atoms with Crippen molar-refractivity contribution < 1.29 is 0 Å². The maximum atomic E-state index is 2.45. The summed E-state index contributed by atoms with van der Waals surface area (Å²) in [5.41, 5.74) is 0. The van der Waals surface area contributed by atoms with Gasteiger partial charge in [-0.15, -0.1) is 0 Å². The third kappa shape index (κ3) is 3.80. The fourth-order valence-electron chi connectivity index (χ4n) is 1.55. The van der Waals surface area contributed by atoms with Crippen LogP contribution in [0.4, 0.5) is 0 Å². The number of hydrogen-bond acceptors (Lipinski definition) is 1. The van der Waals surface area contributed by atoms with Crippen molar-refractivity contribution >= 4 is 0 Å². The molecule has 0 saturated carbocycles. The van der Waals surface area contributed by atoms with E-state index in [1.807, 2.05) is 0 Å². The summed E-state index contributed by atoms with van der Waals surface area (Å²) in [4.78, 5) is 2.45. The van der Waals surface area contributed by atoms with Crippen LogP contribution in [-0.2, 0) is 0 Å². The van der Waals surface area contributed by atoms with Crippen LogP contribution in [0.1, 0.15) is 39.5 Å². The van der Waals surface area contributed by atoms with Gasteiger partial charge in [0.15, 0.2) is 0 Å². The van der Waals surface area contributed by atoms with Gasteiger partial charge in [-0.05, 0) is 37.8 Å². The summed E-state index contributed by atoms with van der Waals surface area (Å²) in [5, 5.41) is 0. The highest BCUT2D eigenvalue weighted by atomic mass is 15.1. The molecule has 0 bridgehead atoms. The predicted octanol–water partition coefficient (Wildman–Crippen LogP) is 3.03. The molecule has 0 atom stereocenters. The van der Waals surface area contributed by atoms with Gasteiger partial charge in [0.05, 0.1) is 0 Å². The first-order valence-electron chi connectivity index (χ1n) is 5.20. The van der Waals surface area contributed by atoms with Crippen LogP contribution in [0.2, 0.25) is 0 Å². The molecule has 0 unspecified atom stereocenters. The molecular formula is C11H21N. The van der Waals surface area contributed by atoms with Gasteiger partial charge in [0.2, 0.25) is 0 Å². The normalized spacial score (nSPS) is 19.4. The third-order valence-corrected chi connectivity index (χ3v) is 2.31. The van der Waals surface area contributed by atoms with E-state index in [0.717, 1.165) is 5.92 Å². The van der Waals surface area contributed by atoms with Gasteiger partial charge in [-0.2, -0.15) is 0 Å². The Morgan fingerprint density at radius 3 is 2.42 bits per heavy atom. The number of likely N-dealkylation sites (tertiary alicyclic amines) is 1. The number of piperidine rings is 1. The molecule has 1 rings (SSSR count).